The molecule has 0 aromatic carbocycles. The van der Waals surface area contributed by atoms with Crippen LogP contribution in [0.2, 0.25) is 0 Å². The number of aromatic nitrogens is 4. The van der Waals surface area contributed by atoms with E-state index in [1.165, 1.54) is 9.36 Å². The van der Waals surface area contributed by atoms with E-state index in [0.717, 1.165) is 7.14 Å². The van der Waals surface area contributed by atoms with Crippen molar-refractivity contribution < 1.29 is 19.1 Å². The van der Waals surface area contributed by atoms with Gasteiger partial charge in [-0.3, -0.25) is 0 Å². The molecule has 10 nitrogen and oxygen atoms in total. The van der Waals surface area contributed by atoms with E-state index in [-0.39, 0.29) is 0 Å². The quantitative estimate of drug-likeness (QED) is 0.338. The first kappa shape index (κ1) is 26.7. The van der Waals surface area contributed by atoms with E-state index in [1.54, 1.807) is 0 Å². The van der Waals surface area contributed by atoms with Gasteiger partial charge in [0.2, 0.25) is 0 Å². The van der Waals surface area contributed by atoms with E-state index < -0.39 is 23.4 Å². The van der Waals surface area contributed by atoms with Gasteiger partial charge in [-0.05, 0) is 101 Å². The molecule has 0 fully saturated rings. The Morgan fingerprint density at radius 2 is 1.09 bits per heavy atom. The Hall–Kier alpha value is -1.58. The van der Waals surface area contributed by atoms with Crippen molar-refractivity contribution in [3.8, 4) is 0 Å². The number of carbonyl (C=O) groups excluding carboxylic acids is 2. The Morgan fingerprint density at radius 3 is 1.38 bits per heavy atom. The maximum Gasteiger partial charge on any atom is 0.435 e. The lowest BCUT2D eigenvalue weighted by molar-refractivity contribution is 0.0500. The fraction of sp³-hybridized carbons (Fsp3) is 0.600. The summed E-state index contributed by atoms with van der Waals surface area (Å²) in [4.78, 5) is 24.7. The van der Waals surface area contributed by atoms with Crippen molar-refractivity contribution in [2.45, 2.75) is 66.6 Å². The lowest BCUT2D eigenvalue weighted by Gasteiger charge is -2.19. The minimum Gasteiger partial charge on any atom is -0.442 e. The molecule has 0 aliphatic carbocycles. The van der Waals surface area contributed by atoms with Crippen LogP contribution in [0.25, 0.3) is 0 Å². The molecule has 2 aromatic rings. The number of ether oxygens (including phenoxy) is 2. The standard InChI is InChI=1S/C20H30I2N6O4/c1-11-13(21)15(25-27(11)17(29)31-19(3,4)5)23-9-10-24-16-14(22)12(2)28(26-16)18(30)32-20(6,7)8/h9-10H2,1-8H3,(H,23,25)(H,24,26). The SMILES string of the molecule is Cc1c(I)c(NCCNc2nn(C(=O)OC(C)(C)C)c(C)c2I)nn1C(=O)OC(C)(C)C. The summed E-state index contributed by atoms with van der Waals surface area (Å²) in [6, 6.07) is 0. The van der Waals surface area contributed by atoms with Crippen molar-refractivity contribution >= 4 is 69.0 Å². The Kier molecular flexibility index (Phi) is 8.45. The van der Waals surface area contributed by atoms with Gasteiger partial charge in [0.15, 0.2) is 11.6 Å². The van der Waals surface area contributed by atoms with E-state index >= 15 is 0 Å². The van der Waals surface area contributed by atoms with Crippen LogP contribution in [-0.2, 0) is 9.47 Å². The Labute approximate surface area is 215 Å². The van der Waals surface area contributed by atoms with Crippen LogP contribution in [0.15, 0.2) is 0 Å². The second-order valence-corrected chi connectivity index (χ2v) is 11.3. The summed E-state index contributed by atoms with van der Waals surface area (Å²) in [5.41, 5.74) is 0.209. The Bertz CT molecular complexity index is 921. The number of rotatable bonds is 5. The van der Waals surface area contributed by atoms with E-state index in [9.17, 15) is 9.59 Å². The maximum absolute atomic E-state index is 12.4. The fourth-order valence-corrected chi connectivity index (χ4v) is 3.57. The van der Waals surface area contributed by atoms with Gasteiger partial charge in [0.1, 0.15) is 11.2 Å². The van der Waals surface area contributed by atoms with Crippen molar-refractivity contribution in [1.82, 2.24) is 19.6 Å². The van der Waals surface area contributed by atoms with Gasteiger partial charge < -0.3 is 20.1 Å². The summed E-state index contributed by atoms with van der Waals surface area (Å²) < 4.78 is 15.0. The molecule has 2 aromatic heterocycles. The zero-order chi connectivity index (χ0) is 24.4. The first-order valence-corrected chi connectivity index (χ1v) is 12.2. The minimum absolute atomic E-state index is 0.517. The maximum atomic E-state index is 12.4. The van der Waals surface area contributed by atoms with Crippen molar-refractivity contribution in [3.63, 3.8) is 0 Å². The van der Waals surface area contributed by atoms with Gasteiger partial charge in [-0.2, -0.15) is 9.36 Å². The van der Waals surface area contributed by atoms with Crippen molar-refractivity contribution in [2.75, 3.05) is 23.7 Å². The second kappa shape index (κ2) is 10.1. The van der Waals surface area contributed by atoms with E-state index in [0.29, 0.717) is 36.1 Å². The number of nitrogens with zero attached hydrogens (tertiary/aromatic N) is 4. The monoisotopic (exact) mass is 672 g/mol. The molecular weight excluding hydrogens is 642 g/mol. The van der Waals surface area contributed by atoms with E-state index in [1.807, 2.05) is 55.4 Å². The predicted molar refractivity (Wildman–Crippen MR) is 140 cm³/mol. The molecule has 0 saturated heterocycles. The number of carbonyl (C=O) groups is 2. The number of nitrogens with one attached hydrogen (secondary N) is 2. The summed E-state index contributed by atoms with van der Waals surface area (Å²) in [6.07, 6.45) is -1.03. The average Bonchev–Trinajstić information content (AvgIpc) is 3.07. The average molecular weight is 672 g/mol. The van der Waals surface area contributed by atoms with Gasteiger partial charge in [0.05, 0.1) is 18.5 Å². The van der Waals surface area contributed by atoms with Crippen molar-refractivity contribution in [2.24, 2.45) is 0 Å². The van der Waals surface area contributed by atoms with Gasteiger partial charge in [-0.25, -0.2) is 9.59 Å². The molecule has 0 unspecified atom stereocenters. The molecule has 0 atom stereocenters. The summed E-state index contributed by atoms with van der Waals surface area (Å²) in [5.74, 6) is 1.20. The highest BCUT2D eigenvalue weighted by molar-refractivity contribution is 14.1. The third-order valence-electron chi connectivity index (χ3n) is 3.93. The van der Waals surface area contributed by atoms with Gasteiger partial charge >= 0.3 is 12.2 Å². The molecule has 0 aliphatic heterocycles. The lowest BCUT2D eigenvalue weighted by Crippen LogP contribution is -2.28. The molecule has 0 bridgehead atoms. The lowest BCUT2D eigenvalue weighted by atomic mass is 10.2. The molecule has 12 heteroatoms. The van der Waals surface area contributed by atoms with Gasteiger partial charge in [0, 0.05) is 13.1 Å². The minimum atomic E-state index is -0.601. The van der Waals surface area contributed by atoms with Crippen LogP contribution in [-0.4, -0.2) is 56.0 Å². The fourth-order valence-electron chi connectivity index (χ4n) is 2.52. The molecule has 0 radical (unpaired) electrons. The molecule has 0 amide bonds. The van der Waals surface area contributed by atoms with Crippen LogP contribution in [0.4, 0.5) is 21.2 Å². The highest BCUT2D eigenvalue weighted by Crippen LogP contribution is 2.23. The van der Waals surface area contributed by atoms with Gasteiger partial charge in [-0.15, -0.1) is 10.2 Å². The third kappa shape index (κ3) is 6.96. The first-order valence-electron chi connectivity index (χ1n) is 10.1. The molecule has 32 heavy (non-hydrogen) atoms. The van der Waals surface area contributed by atoms with Crippen LogP contribution in [0.5, 0.6) is 0 Å². The molecule has 0 spiro atoms. The van der Waals surface area contributed by atoms with E-state index in [4.69, 9.17) is 9.47 Å². The number of hydrogen-bond acceptors (Lipinski definition) is 8. The molecule has 2 heterocycles. The van der Waals surface area contributed by atoms with Crippen molar-refractivity contribution in [3.05, 3.63) is 18.5 Å². The van der Waals surface area contributed by atoms with Crippen LogP contribution >= 0.6 is 45.2 Å². The van der Waals surface area contributed by atoms with Gasteiger partial charge in [-0.1, -0.05) is 0 Å². The van der Waals surface area contributed by atoms with Crippen molar-refractivity contribution in [1.29, 1.82) is 0 Å². The summed E-state index contributed by atoms with van der Waals surface area (Å²) in [7, 11) is 0. The zero-order valence-electron chi connectivity index (χ0n) is 19.6. The second-order valence-electron chi connectivity index (χ2n) is 9.13. The number of halogens is 2. The van der Waals surface area contributed by atoms with E-state index in [2.05, 4.69) is 66.0 Å². The smallest absolute Gasteiger partial charge is 0.435 e. The normalized spacial score (nSPS) is 11.9. The Balaban J connectivity index is 2.00. The first-order chi connectivity index (χ1) is 14.6. The molecular formula is C20H30I2N6O4. The van der Waals surface area contributed by atoms with Crippen LogP contribution in [0.3, 0.4) is 0 Å². The largest absolute Gasteiger partial charge is 0.442 e. The highest BCUT2D eigenvalue weighted by Gasteiger charge is 2.24. The Morgan fingerprint density at radius 1 is 0.781 bits per heavy atom. The van der Waals surface area contributed by atoms with Gasteiger partial charge in [0.25, 0.3) is 0 Å². The molecule has 0 saturated carbocycles. The summed E-state index contributed by atoms with van der Waals surface area (Å²) in [5, 5.41) is 15.1. The molecule has 178 valence electrons. The highest BCUT2D eigenvalue weighted by atomic mass is 127. The predicted octanol–water partition coefficient (Wildman–Crippen LogP) is 5.00. The topological polar surface area (TPSA) is 112 Å². The van der Waals surface area contributed by atoms with Crippen LogP contribution in [0, 0.1) is 21.0 Å². The number of hydrogen-bond donors (Lipinski definition) is 2. The summed E-state index contributed by atoms with van der Waals surface area (Å²) in [6.45, 7) is 15.6. The zero-order valence-corrected chi connectivity index (χ0v) is 23.9. The molecule has 0 aliphatic rings. The van der Waals surface area contributed by atoms with Crippen LogP contribution < -0.4 is 10.6 Å². The summed E-state index contributed by atoms with van der Waals surface area (Å²) >= 11 is 4.30. The number of anilines is 2. The third-order valence-corrected chi connectivity index (χ3v) is 6.51. The molecule has 2 rings (SSSR count). The van der Waals surface area contributed by atoms with Crippen LogP contribution in [0.1, 0.15) is 52.9 Å². The molecule has 2 N–H and O–H groups in total.